The fourth-order valence-corrected chi connectivity index (χ4v) is 2.91. The van der Waals surface area contributed by atoms with Crippen LogP contribution in [0.4, 0.5) is 5.69 Å². The molecule has 0 saturated carbocycles. The van der Waals surface area contributed by atoms with E-state index < -0.39 is 0 Å². The maximum atomic E-state index is 12.7. The van der Waals surface area contributed by atoms with Gasteiger partial charge in [-0.1, -0.05) is 23.7 Å². The predicted molar refractivity (Wildman–Crippen MR) is 102 cm³/mol. The zero-order valence-corrected chi connectivity index (χ0v) is 15.1. The molecule has 7 heteroatoms. The van der Waals surface area contributed by atoms with Gasteiger partial charge in [-0.15, -0.1) is 0 Å². The normalized spacial score (nSPS) is 15.6. The van der Waals surface area contributed by atoms with E-state index in [1.165, 1.54) is 18.1 Å². The van der Waals surface area contributed by atoms with Crippen LogP contribution in [-0.2, 0) is 4.79 Å². The van der Waals surface area contributed by atoms with E-state index >= 15 is 0 Å². The van der Waals surface area contributed by atoms with Crippen LogP contribution in [0.3, 0.4) is 0 Å². The molecule has 0 bridgehead atoms. The molecule has 1 amide bonds. The molecule has 1 heterocycles. The lowest BCUT2D eigenvalue weighted by molar-refractivity contribution is -0.113. The molecule has 2 aromatic rings. The van der Waals surface area contributed by atoms with Gasteiger partial charge in [-0.05, 0) is 60.6 Å². The average molecular weight is 375 g/mol. The first kappa shape index (κ1) is 17.3. The molecule has 2 aromatic carbocycles. The molecule has 3 rings (SSSR count). The number of thiocarbonyl (C=S) groups is 1. The molecule has 0 atom stereocenters. The molecule has 128 valence electrons. The van der Waals surface area contributed by atoms with Crippen LogP contribution < -0.4 is 15.0 Å². The third-order valence-electron chi connectivity index (χ3n) is 3.81. The lowest BCUT2D eigenvalue weighted by atomic mass is 10.1. The third kappa shape index (κ3) is 3.31. The van der Waals surface area contributed by atoms with Crippen LogP contribution in [-0.4, -0.2) is 23.2 Å². The van der Waals surface area contributed by atoms with Gasteiger partial charge in [0, 0.05) is 5.02 Å². The Bertz CT molecular complexity index is 911. The highest BCUT2D eigenvalue weighted by Gasteiger charge is 2.32. The molecule has 25 heavy (non-hydrogen) atoms. The van der Waals surface area contributed by atoms with E-state index in [0.29, 0.717) is 27.7 Å². The summed E-state index contributed by atoms with van der Waals surface area (Å²) < 4.78 is 5.08. The minimum absolute atomic E-state index is 0.0294. The van der Waals surface area contributed by atoms with Crippen LogP contribution in [0.15, 0.2) is 42.1 Å². The first-order valence-electron chi connectivity index (χ1n) is 7.41. The van der Waals surface area contributed by atoms with Crippen molar-refractivity contribution in [2.45, 2.75) is 6.92 Å². The second kappa shape index (κ2) is 6.74. The number of ether oxygens (including phenoxy) is 1. The Morgan fingerprint density at radius 3 is 2.72 bits per heavy atom. The molecular formula is C18H15ClN2O3S. The predicted octanol–water partition coefficient (Wildman–Crippen LogP) is 3.62. The highest BCUT2D eigenvalue weighted by atomic mass is 35.5. The van der Waals surface area contributed by atoms with Gasteiger partial charge in [0.05, 0.1) is 12.8 Å². The van der Waals surface area contributed by atoms with Crippen molar-refractivity contribution in [3.05, 3.63) is 58.2 Å². The van der Waals surface area contributed by atoms with Gasteiger partial charge < -0.3 is 15.2 Å². The molecule has 0 aliphatic carbocycles. The van der Waals surface area contributed by atoms with Gasteiger partial charge in [-0.2, -0.15) is 0 Å². The number of hydrogen-bond donors (Lipinski definition) is 2. The summed E-state index contributed by atoms with van der Waals surface area (Å²) in [5.41, 5.74) is 2.54. The Morgan fingerprint density at radius 1 is 1.28 bits per heavy atom. The second-order valence-electron chi connectivity index (χ2n) is 5.49. The van der Waals surface area contributed by atoms with Crippen molar-refractivity contribution >= 4 is 46.6 Å². The standard InChI is InChI=1S/C18H15ClN2O3S/c1-10-3-5-12(9-13(10)19)21-17(23)14(20-18(21)25)7-11-4-6-15(22)16(8-11)24-2/h3-9,22H,1-2H3,(H,20,25)/b14-7-. The van der Waals surface area contributed by atoms with E-state index in [0.717, 1.165) is 5.56 Å². The van der Waals surface area contributed by atoms with Crippen LogP contribution in [0.5, 0.6) is 11.5 Å². The zero-order chi connectivity index (χ0) is 18.1. The van der Waals surface area contributed by atoms with Crippen molar-refractivity contribution in [2.24, 2.45) is 0 Å². The largest absolute Gasteiger partial charge is 0.504 e. The number of nitrogens with zero attached hydrogens (tertiary/aromatic N) is 1. The van der Waals surface area contributed by atoms with Crippen molar-refractivity contribution < 1.29 is 14.6 Å². The van der Waals surface area contributed by atoms with Crippen LogP contribution in [0, 0.1) is 6.92 Å². The molecule has 0 unspecified atom stereocenters. The number of phenols is 1. The van der Waals surface area contributed by atoms with Gasteiger partial charge in [0.2, 0.25) is 0 Å². The monoisotopic (exact) mass is 374 g/mol. The summed E-state index contributed by atoms with van der Waals surface area (Å²) >= 11 is 11.4. The van der Waals surface area contributed by atoms with E-state index in [2.05, 4.69) is 5.32 Å². The molecule has 0 aromatic heterocycles. The highest BCUT2D eigenvalue weighted by Crippen LogP contribution is 2.29. The number of amides is 1. The number of phenolic OH excluding ortho intramolecular Hbond substituents is 1. The Labute approximate surface area is 155 Å². The average Bonchev–Trinajstić information content (AvgIpc) is 2.86. The molecule has 1 fully saturated rings. The van der Waals surface area contributed by atoms with Gasteiger partial charge in [0.1, 0.15) is 5.70 Å². The van der Waals surface area contributed by atoms with E-state index in [1.54, 1.807) is 30.3 Å². The zero-order valence-electron chi connectivity index (χ0n) is 13.5. The third-order valence-corrected chi connectivity index (χ3v) is 4.50. The number of hydrogen-bond acceptors (Lipinski definition) is 4. The van der Waals surface area contributed by atoms with Gasteiger partial charge in [0.15, 0.2) is 16.6 Å². The molecule has 2 N–H and O–H groups in total. The van der Waals surface area contributed by atoms with Crippen LogP contribution >= 0.6 is 23.8 Å². The number of benzene rings is 2. The number of aromatic hydroxyl groups is 1. The minimum atomic E-state index is -0.281. The Kier molecular flexibility index (Phi) is 4.65. The number of halogens is 1. The maximum Gasteiger partial charge on any atom is 0.281 e. The van der Waals surface area contributed by atoms with Crippen LogP contribution in [0.2, 0.25) is 5.02 Å². The van der Waals surface area contributed by atoms with Gasteiger partial charge >= 0.3 is 0 Å². The highest BCUT2D eigenvalue weighted by molar-refractivity contribution is 7.80. The molecule has 1 saturated heterocycles. The Morgan fingerprint density at radius 2 is 2.04 bits per heavy atom. The smallest absolute Gasteiger partial charge is 0.281 e. The van der Waals surface area contributed by atoms with Gasteiger partial charge in [-0.25, -0.2) is 0 Å². The summed E-state index contributed by atoms with van der Waals surface area (Å²) in [5, 5.41) is 13.4. The molecule has 0 radical (unpaired) electrons. The summed E-state index contributed by atoms with van der Waals surface area (Å²) in [6.45, 7) is 1.89. The van der Waals surface area contributed by atoms with Crippen molar-refractivity contribution in [1.29, 1.82) is 0 Å². The quantitative estimate of drug-likeness (QED) is 0.634. The number of rotatable bonds is 3. The van der Waals surface area contributed by atoms with Crippen molar-refractivity contribution in [3.63, 3.8) is 0 Å². The number of carbonyl (C=O) groups is 1. The first-order valence-corrected chi connectivity index (χ1v) is 8.19. The van der Waals surface area contributed by atoms with E-state index in [9.17, 15) is 9.90 Å². The minimum Gasteiger partial charge on any atom is -0.504 e. The maximum absolute atomic E-state index is 12.7. The lowest BCUT2D eigenvalue weighted by Crippen LogP contribution is -2.30. The second-order valence-corrected chi connectivity index (χ2v) is 6.29. The first-order chi connectivity index (χ1) is 11.9. The molecule has 1 aliphatic rings. The number of carbonyl (C=O) groups excluding carboxylic acids is 1. The number of methoxy groups -OCH3 is 1. The molecule has 1 aliphatic heterocycles. The topological polar surface area (TPSA) is 61.8 Å². The fourth-order valence-electron chi connectivity index (χ4n) is 2.44. The SMILES string of the molecule is COc1cc(/C=C2\NC(=S)N(c3ccc(C)c(Cl)c3)C2=O)ccc1O. The molecular weight excluding hydrogens is 360 g/mol. The van der Waals surface area contributed by atoms with Gasteiger partial charge in [0.25, 0.3) is 5.91 Å². The summed E-state index contributed by atoms with van der Waals surface area (Å²) in [4.78, 5) is 14.1. The van der Waals surface area contributed by atoms with Crippen LogP contribution in [0.25, 0.3) is 6.08 Å². The molecule has 0 spiro atoms. The van der Waals surface area contributed by atoms with Gasteiger partial charge in [-0.3, -0.25) is 9.69 Å². The van der Waals surface area contributed by atoms with Crippen molar-refractivity contribution in [2.75, 3.05) is 12.0 Å². The van der Waals surface area contributed by atoms with E-state index in [4.69, 9.17) is 28.6 Å². The molecule has 5 nitrogen and oxygen atoms in total. The van der Waals surface area contributed by atoms with Crippen LogP contribution in [0.1, 0.15) is 11.1 Å². The van der Waals surface area contributed by atoms with Crippen molar-refractivity contribution in [1.82, 2.24) is 5.32 Å². The van der Waals surface area contributed by atoms with E-state index in [1.807, 2.05) is 13.0 Å². The number of anilines is 1. The lowest BCUT2D eigenvalue weighted by Gasteiger charge is -2.14. The number of aryl methyl sites for hydroxylation is 1. The van der Waals surface area contributed by atoms with E-state index in [-0.39, 0.29) is 16.8 Å². The fraction of sp³-hybridized carbons (Fsp3) is 0.111. The summed E-state index contributed by atoms with van der Waals surface area (Å²) in [6, 6.07) is 10.1. The summed E-state index contributed by atoms with van der Waals surface area (Å²) in [6.07, 6.45) is 1.65. The Hall–Kier alpha value is -2.57. The summed E-state index contributed by atoms with van der Waals surface area (Å²) in [7, 11) is 1.46. The van der Waals surface area contributed by atoms with Crippen molar-refractivity contribution in [3.8, 4) is 11.5 Å². The Balaban J connectivity index is 1.94. The number of nitrogens with one attached hydrogen (secondary N) is 1. The summed E-state index contributed by atoms with van der Waals surface area (Å²) in [5.74, 6) is 0.0725.